The van der Waals surface area contributed by atoms with Crippen molar-refractivity contribution < 1.29 is 14.2 Å². The van der Waals surface area contributed by atoms with E-state index < -0.39 is 17.8 Å². The molecule has 1 aliphatic heterocycles. The Bertz CT molecular complexity index is 709. The lowest BCUT2D eigenvalue weighted by molar-refractivity contribution is 0.358. The average molecular weight is 344 g/mol. The third-order valence-corrected chi connectivity index (χ3v) is 4.82. The van der Waals surface area contributed by atoms with E-state index in [0.29, 0.717) is 22.8 Å². The molecule has 1 aromatic rings. The fourth-order valence-electron chi connectivity index (χ4n) is 2.74. The fraction of sp³-hybridized carbons (Fsp3) is 0.375. The second-order valence-electron chi connectivity index (χ2n) is 5.02. The molecule has 2 unspecified atom stereocenters. The molecule has 2 rings (SSSR count). The van der Waals surface area contributed by atoms with E-state index in [1.54, 1.807) is 12.1 Å². The van der Waals surface area contributed by atoms with Gasteiger partial charge in [0, 0.05) is 23.6 Å². The minimum atomic E-state index is -0.857. The molecule has 0 saturated carbocycles. The van der Waals surface area contributed by atoms with Crippen molar-refractivity contribution in [3.8, 4) is 29.4 Å². The first-order valence-corrected chi connectivity index (χ1v) is 7.77. The number of benzene rings is 1. The van der Waals surface area contributed by atoms with Gasteiger partial charge in [-0.3, -0.25) is 10.8 Å². The molecule has 8 heteroatoms. The van der Waals surface area contributed by atoms with Gasteiger partial charge in [-0.15, -0.1) is 0 Å². The van der Waals surface area contributed by atoms with Crippen molar-refractivity contribution in [1.82, 2.24) is 0 Å². The normalized spacial score (nSPS) is 23.1. The molecule has 1 heterocycles. The van der Waals surface area contributed by atoms with Gasteiger partial charge in [-0.2, -0.15) is 10.5 Å². The quantitative estimate of drug-likeness (QED) is 0.865. The van der Waals surface area contributed by atoms with Crippen LogP contribution in [0.2, 0.25) is 0 Å². The first kappa shape index (κ1) is 17.6. The maximum atomic E-state index is 9.53. The largest absolute Gasteiger partial charge is 0.496 e. The molecule has 7 nitrogen and oxygen atoms in total. The van der Waals surface area contributed by atoms with Crippen LogP contribution in [0.3, 0.4) is 0 Å². The monoisotopic (exact) mass is 344 g/mol. The van der Waals surface area contributed by atoms with Crippen LogP contribution in [0.15, 0.2) is 12.1 Å². The number of ether oxygens (including phenoxy) is 3. The van der Waals surface area contributed by atoms with Gasteiger partial charge in [0.05, 0.1) is 43.6 Å². The highest BCUT2D eigenvalue weighted by atomic mass is 32.2. The highest BCUT2D eigenvalue weighted by molar-refractivity contribution is 8.26. The van der Waals surface area contributed by atoms with Gasteiger partial charge in [-0.1, -0.05) is 11.8 Å². The molecule has 2 N–H and O–H groups in total. The highest BCUT2D eigenvalue weighted by Gasteiger charge is 2.45. The van der Waals surface area contributed by atoms with Gasteiger partial charge in [-0.05, 0) is 0 Å². The summed E-state index contributed by atoms with van der Waals surface area (Å²) in [5.74, 6) is -1.15. The maximum absolute atomic E-state index is 9.53. The van der Waals surface area contributed by atoms with Gasteiger partial charge >= 0.3 is 0 Å². The highest BCUT2D eigenvalue weighted by Crippen LogP contribution is 2.49. The van der Waals surface area contributed by atoms with E-state index in [2.05, 4.69) is 12.1 Å². The molecule has 2 atom stereocenters. The van der Waals surface area contributed by atoms with Crippen molar-refractivity contribution in [3.05, 3.63) is 17.7 Å². The SMILES string of the molecule is COc1cc(OC)c(C2C(C#N)C(=N)SC(=N)C2C#N)c(OC)c1. The number of hydrogen-bond acceptors (Lipinski definition) is 8. The molecule has 1 aromatic carbocycles. The number of nitrogens with one attached hydrogen (secondary N) is 2. The van der Waals surface area contributed by atoms with E-state index in [1.165, 1.54) is 21.3 Å². The van der Waals surface area contributed by atoms with Crippen molar-refractivity contribution in [2.24, 2.45) is 11.8 Å². The van der Waals surface area contributed by atoms with E-state index >= 15 is 0 Å². The molecule has 1 aliphatic rings. The summed E-state index contributed by atoms with van der Waals surface area (Å²) in [6, 6.07) is 7.43. The molecule has 124 valence electrons. The third kappa shape index (κ3) is 2.89. The summed E-state index contributed by atoms with van der Waals surface area (Å²) in [6.45, 7) is 0. The Kier molecular flexibility index (Phi) is 5.32. The van der Waals surface area contributed by atoms with Gasteiger partial charge in [0.1, 0.15) is 29.1 Å². The Balaban J connectivity index is 2.74. The zero-order valence-corrected chi connectivity index (χ0v) is 14.2. The number of nitriles is 2. The second kappa shape index (κ2) is 7.24. The first-order chi connectivity index (χ1) is 11.5. The Hall–Kier alpha value is -2.71. The summed E-state index contributed by atoms with van der Waals surface area (Å²) in [7, 11) is 4.44. The van der Waals surface area contributed by atoms with E-state index in [9.17, 15) is 10.5 Å². The molecule has 1 fully saturated rings. The summed E-state index contributed by atoms with van der Waals surface area (Å²) in [4.78, 5) is 0. The number of rotatable bonds is 4. The molecule has 0 spiro atoms. The molecule has 24 heavy (non-hydrogen) atoms. The van der Waals surface area contributed by atoms with Crippen LogP contribution < -0.4 is 14.2 Å². The van der Waals surface area contributed by atoms with Gasteiger partial charge in [0.15, 0.2) is 0 Å². The standard InChI is InChI=1S/C16H16N4O3S/c1-21-8-4-11(22-2)14(12(5-8)23-3)13-9(6-17)15(19)24-16(20)10(13)7-18/h4-5,9-10,13,19-20H,1-3H3. The van der Waals surface area contributed by atoms with Crippen LogP contribution in [0.25, 0.3) is 0 Å². The predicted molar refractivity (Wildman–Crippen MR) is 90.1 cm³/mol. The third-order valence-electron chi connectivity index (χ3n) is 3.87. The van der Waals surface area contributed by atoms with Crippen LogP contribution in [0.4, 0.5) is 0 Å². The van der Waals surface area contributed by atoms with E-state index in [0.717, 1.165) is 11.8 Å². The van der Waals surface area contributed by atoms with Gasteiger partial charge in [0.25, 0.3) is 0 Å². The zero-order valence-electron chi connectivity index (χ0n) is 13.4. The lowest BCUT2D eigenvalue weighted by Gasteiger charge is -2.33. The molecule has 0 aliphatic carbocycles. The van der Waals surface area contributed by atoms with Crippen LogP contribution in [-0.4, -0.2) is 31.4 Å². The predicted octanol–water partition coefficient (Wildman–Crippen LogP) is 2.78. The lowest BCUT2D eigenvalue weighted by Crippen LogP contribution is -2.34. The number of hydrogen-bond donors (Lipinski definition) is 2. The number of methoxy groups -OCH3 is 3. The van der Waals surface area contributed by atoms with Crippen molar-refractivity contribution in [3.63, 3.8) is 0 Å². The van der Waals surface area contributed by atoms with Crippen LogP contribution in [-0.2, 0) is 0 Å². The smallest absolute Gasteiger partial charge is 0.129 e. The van der Waals surface area contributed by atoms with E-state index in [4.69, 9.17) is 25.0 Å². The Labute approximate surface area is 144 Å². The van der Waals surface area contributed by atoms with Crippen molar-refractivity contribution in [2.75, 3.05) is 21.3 Å². The average Bonchev–Trinajstić information content (AvgIpc) is 2.59. The molecule has 1 saturated heterocycles. The summed E-state index contributed by atoms with van der Waals surface area (Å²) in [5.41, 5.74) is 0.494. The fourth-order valence-corrected chi connectivity index (χ4v) is 3.63. The van der Waals surface area contributed by atoms with Crippen LogP contribution >= 0.6 is 11.8 Å². The van der Waals surface area contributed by atoms with Crippen molar-refractivity contribution >= 4 is 21.8 Å². The zero-order chi connectivity index (χ0) is 17.9. The van der Waals surface area contributed by atoms with E-state index in [-0.39, 0.29) is 10.1 Å². The first-order valence-electron chi connectivity index (χ1n) is 6.96. The minimum Gasteiger partial charge on any atom is -0.496 e. The maximum Gasteiger partial charge on any atom is 0.129 e. The van der Waals surface area contributed by atoms with Crippen LogP contribution in [0.5, 0.6) is 17.2 Å². The molecule has 0 amide bonds. The van der Waals surface area contributed by atoms with Gasteiger partial charge in [0.2, 0.25) is 0 Å². The number of nitrogens with zero attached hydrogens (tertiary/aromatic N) is 2. The molecular formula is C16H16N4O3S. The van der Waals surface area contributed by atoms with E-state index in [1.807, 2.05) is 0 Å². The van der Waals surface area contributed by atoms with Crippen molar-refractivity contribution in [2.45, 2.75) is 5.92 Å². The molecular weight excluding hydrogens is 328 g/mol. The Morgan fingerprint density at radius 1 is 0.917 bits per heavy atom. The van der Waals surface area contributed by atoms with Gasteiger partial charge in [-0.25, -0.2) is 0 Å². The summed E-state index contributed by atoms with van der Waals surface area (Å²) >= 11 is 0.855. The Morgan fingerprint density at radius 3 is 1.71 bits per heavy atom. The van der Waals surface area contributed by atoms with Crippen molar-refractivity contribution in [1.29, 1.82) is 21.3 Å². The Morgan fingerprint density at radius 2 is 1.38 bits per heavy atom. The lowest BCUT2D eigenvalue weighted by atomic mass is 9.77. The molecule has 0 radical (unpaired) electrons. The molecule has 0 aromatic heterocycles. The van der Waals surface area contributed by atoms with Gasteiger partial charge < -0.3 is 14.2 Å². The minimum absolute atomic E-state index is 0.0407. The topological polar surface area (TPSA) is 123 Å². The van der Waals surface area contributed by atoms with Crippen LogP contribution in [0.1, 0.15) is 11.5 Å². The number of thioether (sulfide) groups is 1. The molecule has 0 bridgehead atoms. The summed E-state index contributed by atoms with van der Waals surface area (Å²) in [5, 5.41) is 35.2. The summed E-state index contributed by atoms with van der Waals surface area (Å²) in [6.07, 6.45) is 0. The summed E-state index contributed by atoms with van der Waals surface area (Å²) < 4.78 is 16.0. The second-order valence-corrected chi connectivity index (χ2v) is 6.10. The van der Waals surface area contributed by atoms with Crippen LogP contribution in [0, 0.1) is 45.3 Å².